The molecule has 0 spiro atoms. The number of nitrogens with one attached hydrogen (secondary N) is 2. The average molecular weight is 257 g/mol. The lowest BCUT2D eigenvalue weighted by atomic mass is 9.96. The molecule has 0 aliphatic carbocycles. The molecule has 1 heterocycles. The van der Waals surface area contributed by atoms with Crippen LogP contribution in [0.3, 0.4) is 0 Å². The first-order valence-corrected chi connectivity index (χ1v) is 6.68. The number of ether oxygens (including phenoxy) is 1. The summed E-state index contributed by atoms with van der Waals surface area (Å²) < 4.78 is 4.76. The number of hydrogen-bond donors (Lipinski definition) is 2. The molecule has 0 saturated carbocycles. The van der Waals surface area contributed by atoms with Crippen LogP contribution in [0.15, 0.2) is 0 Å². The number of amides is 1. The molecule has 1 fully saturated rings. The minimum absolute atomic E-state index is 0.0131. The Labute approximate surface area is 109 Å². The third-order valence-electron chi connectivity index (χ3n) is 3.60. The maximum atomic E-state index is 11.9. The first-order valence-electron chi connectivity index (χ1n) is 6.68. The van der Waals surface area contributed by atoms with Crippen molar-refractivity contribution in [1.82, 2.24) is 5.32 Å². The molecule has 0 aromatic rings. The standard InChI is InChI=1S/C13H24N2O3/c1-9(2)14-12(16)10(3)15-7-5-11(6-8-15)13(17)18-4/h9-11H,5-8H2,1-4H3,(H,14,16)/p+1/t10-/m0/s1. The highest BCUT2D eigenvalue weighted by Crippen LogP contribution is 2.11. The number of methoxy groups -OCH3 is 1. The van der Waals surface area contributed by atoms with E-state index in [9.17, 15) is 9.59 Å². The summed E-state index contributed by atoms with van der Waals surface area (Å²) in [5, 5.41) is 2.93. The van der Waals surface area contributed by atoms with Crippen molar-refractivity contribution >= 4 is 11.9 Å². The fourth-order valence-electron chi connectivity index (χ4n) is 2.42. The van der Waals surface area contributed by atoms with Crippen LogP contribution >= 0.6 is 0 Å². The average Bonchev–Trinajstić information content (AvgIpc) is 2.36. The van der Waals surface area contributed by atoms with Gasteiger partial charge < -0.3 is 15.0 Å². The summed E-state index contributed by atoms with van der Waals surface area (Å²) in [5.74, 6) is -0.0102. The minimum Gasteiger partial charge on any atom is -0.469 e. The lowest BCUT2D eigenvalue weighted by Gasteiger charge is -2.31. The summed E-state index contributed by atoms with van der Waals surface area (Å²) in [4.78, 5) is 24.6. The van der Waals surface area contributed by atoms with E-state index in [1.54, 1.807) is 0 Å². The van der Waals surface area contributed by atoms with Crippen molar-refractivity contribution in [2.24, 2.45) is 5.92 Å². The Hall–Kier alpha value is -1.10. The van der Waals surface area contributed by atoms with Crippen LogP contribution in [0.1, 0.15) is 33.6 Å². The van der Waals surface area contributed by atoms with E-state index in [0.29, 0.717) is 0 Å². The third kappa shape index (κ3) is 3.98. The fourth-order valence-corrected chi connectivity index (χ4v) is 2.42. The van der Waals surface area contributed by atoms with Gasteiger partial charge in [0.25, 0.3) is 5.91 Å². The number of quaternary nitrogens is 1. The molecule has 1 aliphatic rings. The molecule has 0 unspecified atom stereocenters. The van der Waals surface area contributed by atoms with Gasteiger partial charge in [-0.15, -0.1) is 0 Å². The number of esters is 1. The molecule has 0 radical (unpaired) electrons. The van der Waals surface area contributed by atoms with Crippen LogP contribution in [0.4, 0.5) is 0 Å². The second-order valence-corrected chi connectivity index (χ2v) is 5.34. The highest BCUT2D eigenvalue weighted by Gasteiger charge is 2.33. The van der Waals surface area contributed by atoms with E-state index in [0.717, 1.165) is 25.9 Å². The van der Waals surface area contributed by atoms with Crippen molar-refractivity contribution in [2.75, 3.05) is 20.2 Å². The molecule has 5 nitrogen and oxygen atoms in total. The van der Waals surface area contributed by atoms with Gasteiger partial charge >= 0.3 is 5.97 Å². The summed E-state index contributed by atoms with van der Waals surface area (Å²) in [5.41, 5.74) is 0. The quantitative estimate of drug-likeness (QED) is 0.659. The Kier molecular flexibility index (Phi) is 5.59. The highest BCUT2D eigenvalue weighted by molar-refractivity contribution is 5.80. The molecule has 1 rings (SSSR count). The van der Waals surface area contributed by atoms with Crippen molar-refractivity contribution in [2.45, 2.75) is 45.7 Å². The molecule has 2 N–H and O–H groups in total. The van der Waals surface area contributed by atoms with E-state index in [1.807, 2.05) is 20.8 Å². The van der Waals surface area contributed by atoms with Crippen molar-refractivity contribution < 1.29 is 19.2 Å². The van der Waals surface area contributed by atoms with Crippen LogP contribution in [0.5, 0.6) is 0 Å². The number of carbonyl (C=O) groups excluding carboxylic acids is 2. The smallest absolute Gasteiger partial charge is 0.309 e. The molecule has 5 heteroatoms. The second kappa shape index (κ2) is 6.73. The topological polar surface area (TPSA) is 59.8 Å². The zero-order valence-corrected chi connectivity index (χ0v) is 11.8. The van der Waals surface area contributed by atoms with Crippen molar-refractivity contribution in [3.8, 4) is 0 Å². The van der Waals surface area contributed by atoms with E-state index < -0.39 is 0 Å². The van der Waals surface area contributed by atoms with Crippen LogP contribution in [0.25, 0.3) is 0 Å². The van der Waals surface area contributed by atoms with Gasteiger partial charge in [0.2, 0.25) is 0 Å². The van der Waals surface area contributed by atoms with Gasteiger partial charge in [-0.1, -0.05) is 0 Å². The van der Waals surface area contributed by atoms with E-state index >= 15 is 0 Å². The summed E-state index contributed by atoms with van der Waals surface area (Å²) in [6.07, 6.45) is 1.61. The molecule has 0 aromatic heterocycles. The molecular weight excluding hydrogens is 232 g/mol. The highest BCUT2D eigenvalue weighted by atomic mass is 16.5. The van der Waals surface area contributed by atoms with Crippen molar-refractivity contribution in [1.29, 1.82) is 0 Å². The molecule has 1 saturated heterocycles. The van der Waals surface area contributed by atoms with Gasteiger partial charge in [0.1, 0.15) is 0 Å². The van der Waals surface area contributed by atoms with Crippen LogP contribution in [-0.2, 0) is 14.3 Å². The number of piperidine rings is 1. The molecule has 18 heavy (non-hydrogen) atoms. The Bertz CT molecular complexity index is 297. The Balaban J connectivity index is 2.42. The first kappa shape index (κ1) is 15.0. The fraction of sp³-hybridized carbons (Fsp3) is 0.846. The minimum atomic E-state index is -0.117. The van der Waals surface area contributed by atoms with Crippen LogP contribution in [0, 0.1) is 5.92 Å². The summed E-state index contributed by atoms with van der Waals surface area (Å²) in [7, 11) is 1.43. The van der Waals surface area contributed by atoms with Gasteiger partial charge in [-0.25, -0.2) is 0 Å². The summed E-state index contributed by atoms with van der Waals surface area (Å²) in [6, 6.07) is 0.123. The number of rotatable bonds is 4. The third-order valence-corrected chi connectivity index (χ3v) is 3.60. The first-order chi connectivity index (χ1) is 8.45. The van der Waals surface area contributed by atoms with E-state index in [4.69, 9.17) is 4.74 Å². The van der Waals surface area contributed by atoms with E-state index in [1.165, 1.54) is 12.0 Å². The predicted octanol–water partition coefficient (Wildman–Crippen LogP) is -0.633. The number of hydrogen-bond acceptors (Lipinski definition) is 3. The van der Waals surface area contributed by atoms with Gasteiger partial charge in [-0.3, -0.25) is 9.59 Å². The molecule has 0 bridgehead atoms. The van der Waals surface area contributed by atoms with Crippen molar-refractivity contribution in [3.05, 3.63) is 0 Å². The molecule has 104 valence electrons. The summed E-state index contributed by atoms with van der Waals surface area (Å²) in [6.45, 7) is 7.58. The maximum absolute atomic E-state index is 11.9. The van der Waals surface area contributed by atoms with Crippen molar-refractivity contribution in [3.63, 3.8) is 0 Å². The van der Waals surface area contributed by atoms with Gasteiger partial charge in [0.05, 0.1) is 26.1 Å². The predicted molar refractivity (Wildman–Crippen MR) is 68.2 cm³/mol. The normalized spacial score (nSPS) is 25.6. The van der Waals surface area contributed by atoms with E-state index in [-0.39, 0.29) is 29.9 Å². The molecular formula is C13H25N2O3+. The molecule has 1 aliphatic heterocycles. The lowest BCUT2D eigenvalue weighted by molar-refractivity contribution is -0.919. The number of carbonyl (C=O) groups is 2. The Morgan fingerprint density at radius 3 is 2.22 bits per heavy atom. The molecule has 1 atom stereocenters. The van der Waals surface area contributed by atoms with Crippen LogP contribution < -0.4 is 10.2 Å². The molecule has 1 amide bonds. The monoisotopic (exact) mass is 257 g/mol. The largest absolute Gasteiger partial charge is 0.469 e. The Morgan fingerprint density at radius 1 is 1.22 bits per heavy atom. The van der Waals surface area contributed by atoms with E-state index in [2.05, 4.69) is 5.32 Å². The SMILES string of the molecule is COC(=O)C1CC[NH+]([C@@H](C)C(=O)NC(C)C)CC1. The second-order valence-electron chi connectivity index (χ2n) is 5.34. The van der Waals surface area contributed by atoms with Crippen LogP contribution in [0.2, 0.25) is 0 Å². The summed E-state index contributed by atoms with van der Waals surface area (Å²) >= 11 is 0. The van der Waals surface area contributed by atoms with Gasteiger partial charge in [-0.05, 0) is 20.8 Å². The lowest BCUT2D eigenvalue weighted by Crippen LogP contribution is -3.17. The van der Waals surface area contributed by atoms with Gasteiger partial charge in [0, 0.05) is 18.9 Å². The zero-order valence-electron chi connectivity index (χ0n) is 11.8. The Morgan fingerprint density at radius 2 is 1.78 bits per heavy atom. The molecule has 0 aromatic carbocycles. The van der Waals surface area contributed by atoms with Gasteiger partial charge in [0.15, 0.2) is 6.04 Å². The van der Waals surface area contributed by atoms with Crippen LogP contribution in [-0.4, -0.2) is 44.2 Å². The van der Waals surface area contributed by atoms with Gasteiger partial charge in [-0.2, -0.15) is 0 Å². The zero-order chi connectivity index (χ0) is 13.7. The number of likely N-dealkylation sites (tertiary alicyclic amines) is 1. The maximum Gasteiger partial charge on any atom is 0.309 e.